The summed E-state index contributed by atoms with van der Waals surface area (Å²) in [5.41, 5.74) is 3.62. The minimum Gasteiger partial charge on any atom is -0.479 e. The van der Waals surface area contributed by atoms with Crippen molar-refractivity contribution in [3.8, 4) is 0 Å². The van der Waals surface area contributed by atoms with Gasteiger partial charge in [-0.3, -0.25) is 0 Å². The predicted molar refractivity (Wildman–Crippen MR) is 77.9 cm³/mol. The highest BCUT2D eigenvalue weighted by atomic mass is 16.6. The molecule has 0 aliphatic heterocycles. The molecule has 0 aromatic rings. The average molecular weight is 301 g/mol. The van der Waals surface area contributed by atoms with Crippen molar-refractivity contribution in [3.63, 3.8) is 0 Å². The van der Waals surface area contributed by atoms with Crippen LogP contribution < -0.4 is 5.73 Å². The molecule has 1 atom stereocenters. The Labute approximate surface area is 126 Å². The van der Waals surface area contributed by atoms with Crippen LogP contribution in [0.15, 0.2) is 0 Å². The highest BCUT2D eigenvalue weighted by Gasteiger charge is 2.53. The molecule has 1 saturated carbocycles. The third-order valence-corrected chi connectivity index (χ3v) is 4.21. The van der Waals surface area contributed by atoms with Gasteiger partial charge in [-0.15, -0.1) is 0 Å². The molecule has 21 heavy (non-hydrogen) atoms. The van der Waals surface area contributed by atoms with Gasteiger partial charge in [0.25, 0.3) is 5.60 Å². The Hall–Kier alpha value is -1.14. The number of hydrogen-bond acceptors (Lipinski definition) is 5. The molecule has 0 radical (unpaired) electrons. The lowest BCUT2D eigenvalue weighted by atomic mass is 9.75. The summed E-state index contributed by atoms with van der Waals surface area (Å²) in [6.45, 7) is 2.16. The fraction of sp³-hybridized carbons (Fsp3) is 0.867. The van der Waals surface area contributed by atoms with Crippen molar-refractivity contribution in [2.24, 2.45) is 5.73 Å². The third kappa shape index (κ3) is 4.41. The topological polar surface area (TPSA) is 98.9 Å². The van der Waals surface area contributed by atoms with Crippen LogP contribution in [0, 0.1) is 0 Å². The van der Waals surface area contributed by atoms with Gasteiger partial charge in [-0.05, 0) is 19.3 Å². The van der Waals surface area contributed by atoms with E-state index in [0.29, 0.717) is 19.3 Å². The van der Waals surface area contributed by atoms with Crippen LogP contribution in [0.2, 0.25) is 0 Å². The first kappa shape index (κ1) is 17.9. The molecule has 0 bridgehead atoms. The lowest BCUT2D eigenvalue weighted by Crippen LogP contribution is -2.58. The Morgan fingerprint density at radius 1 is 1.29 bits per heavy atom. The summed E-state index contributed by atoms with van der Waals surface area (Å²) in [4.78, 5) is 23.9. The van der Waals surface area contributed by atoms with E-state index in [1.165, 1.54) is 7.11 Å². The number of ether oxygens (including phenoxy) is 2. The van der Waals surface area contributed by atoms with Crippen LogP contribution in [0.5, 0.6) is 0 Å². The Kier molecular flexibility index (Phi) is 6.61. The first-order valence-corrected chi connectivity index (χ1v) is 7.65. The number of methoxy groups -OCH3 is 1. The summed E-state index contributed by atoms with van der Waals surface area (Å²) in [6.07, 6.45) is 5.90. The molecule has 1 rings (SSSR count). The number of aliphatic carboxylic acids is 1. The van der Waals surface area contributed by atoms with E-state index in [1.807, 2.05) is 6.92 Å². The van der Waals surface area contributed by atoms with Crippen molar-refractivity contribution in [2.45, 2.75) is 69.4 Å². The number of rotatable bonds is 8. The van der Waals surface area contributed by atoms with E-state index in [0.717, 1.165) is 25.7 Å². The number of nitrogens with two attached hydrogens (primary N) is 1. The highest BCUT2D eigenvalue weighted by molar-refractivity contribution is 6.03. The number of carboxylic acid groups (broad SMARTS) is 1. The van der Waals surface area contributed by atoms with Gasteiger partial charge in [-0.25, -0.2) is 9.59 Å². The van der Waals surface area contributed by atoms with Crippen LogP contribution >= 0.6 is 0 Å². The molecule has 6 nitrogen and oxygen atoms in total. The Balaban J connectivity index is 2.86. The molecule has 3 N–H and O–H groups in total. The lowest BCUT2D eigenvalue weighted by Gasteiger charge is -2.39. The second kappa shape index (κ2) is 7.75. The van der Waals surface area contributed by atoms with Crippen LogP contribution in [0.1, 0.15) is 58.3 Å². The molecule has 1 aliphatic carbocycles. The van der Waals surface area contributed by atoms with Crippen LogP contribution in [0.25, 0.3) is 0 Å². The van der Waals surface area contributed by atoms with Gasteiger partial charge in [-0.1, -0.05) is 32.6 Å². The molecule has 0 heterocycles. The van der Waals surface area contributed by atoms with E-state index in [4.69, 9.17) is 15.2 Å². The molecule has 0 aromatic heterocycles. The van der Waals surface area contributed by atoms with Gasteiger partial charge in [0.15, 0.2) is 0 Å². The van der Waals surface area contributed by atoms with Crippen molar-refractivity contribution in [3.05, 3.63) is 0 Å². The fourth-order valence-electron chi connectivity index (χ4n) is 2.83. The molecule has 0 spiro atoms. The van der Waals surface area contributed by atoms with Crippen molar-refractivity contribution < 1.29 is 24.2 Å². The number of esters is 1. The van der Waals surface area contributed by atoms with Gasteiger partial charge < -0.3 is 20.3 Å². The number of carboxylic acids is 1. The summed E-state index contributed by atoms with van der Waals surface area (Å²) >= 11 is 0. The molecule has 0 aromatic carbocycles. The van der Waals surface area contributed by atoms with Gasteiger partial charge in [0.1, 0.15) is 0 Å². The van der Waals surface area contributed by atoms with Crippen LogP contribution in [-0.4, -0.2) is 41.9 Å². The summed E-state index contributed by atoms with van der Waals surface area (Å²) < 4.78 is 10.2. The molecule has 6 heteroatoms. The quantitative estimate of drug-likeness (QED) is 0.403. The predicted octanol–water partition coefficient (Wildman–Crippen LogP) is 1.85. The Morgan fingerprint density at radius 3 is 2.38 bits per heavy atom. The van der Waals surface area contributed by atoms with Crippen molar-refractivity contribution >= 4 is 11.9 Å². The average Bonchev–Trinajstić information content (AvgIpc) is 2.45. The zero-order valence-corrected chi connectivity index (χ0v) is 13.0. The number of unbranched alkanes of at least 4 members (excludes halogenated alkanes) is 1. The monoisotopic (exact) mass is 301 g/mol. The molecule has 0 saturated heterocycles. The van der Waals surface area contributed by atoms with Crippen LogP contribution in [0.3, 0.4) is 0 Å². The van der Waals surface area contributed by atoms with Crippen molar-refractivity contribution in [2.75, 3.05) is 13.7 Å². The molecule has 1 unspecified atom stereocenters. The zero-order chi connectivity index (χ0) is 15.9. The number of hydrogen-bond donors (Lipinski definition) is 2. The Bertz CT molecular complexity index is 365. The summed E-state index contributed by atoms with van der Waals surface area (Å²) in [5.74, 6) is -2.18. The van der Waals surface area contributed by atoms with E-state index in [9.17, 15) is 14.7 Å². The van der Waals surface area contributed by atoms with Crippen molar-refractivity contribution in [1.29, 1.82) is 0 Å². The molecular formula is C15H27NO5. The summed E-state index contributed by atoms with van der Waals surface area (Å²) in [7, 11) is 1.22. The molecular weight excluding hydrogens is 274 g/mol. The molecule has 1 fully saturated rings. The van der Waals surface area contributed by atoms with Crippen LogP contribution in [-0.2, 0) is 19.1 Å². The van der Waals surface area contributed by atoms with Crippen LogP contribution in [0.4, 0.5) is 0 Å². The first-order chi connectivity index (χ1) is 9.90. The van der Waals surface area contributed by atoms with Gasteiger partial charge in [0.2, 0.25) is 0 Å². The van der Waals surface area contributed by atoms with E-state index >= 15 is 0 Å². The van der Waals surface area contributed by atoms with E-state index in [2.05, 4.69) is 0 Å². The minimum absolute atomic E-state index is 0.0448. The maximum Gasteiger partial charge on any atom is 0.350 e. The number of carbonyl (C=O) groups excluding carboxylic acids is 1. The fourth-order valence-corrected chi connectivity index (χ4v) is 2.83. The normalized spacial score (nSPS) is 20.5. The second-order valence-electron chi connectivity index (χ2n) is 5.93. The smallest absolute Gasteiger partial charge is 0.350 e. The molecule has 0 amide bonds. The number of carbonyl (C=O) groups is 2. The maximum absolute atomic E-state index is 12.2. The third-order valence-electron chi connectivity index (χ3n) is 4.21. The minimum atomic E-state index is -2.00. The zero-order valence-electron chi connectivity index (χ0n) is 13.0. The first-order valence-electron chi connectivity index (χ1n) is 7.65. The molecule has 1 aliphatic rings. The standard InChI is InChI=1S/C15H27NO5/c1-3-4-10-21-13(19)15(20-2,12(17)18)11-14(16)8-6-5-7-9-14/h3-11,16H2,1-2H3,(H,17,18). The van der Waals surface area contributed by atoms with Gasteiger partial charge in [0.05, 0.1) is 6.61 Å². The van der Waals surface area contributed by atoms with Gasteiger partial charge >= 0.3 is 11.9 Å². The van der Waals surface area contributed by atoms with E-state index < -0.39 is 23.1 Å². The van der Waals surface area contributed by atoms with E-state index in [-0.39, 0.29) is 13.0 Å². The van der Waals surface area contributed by atoms with Gasteiger partial charge in [0, 0.05) is 19.1 Å². The largest absolute Gasteiger partial charge is 0.479 e. The maximum atomic E-state index is 12.2. The lowest BCUT2D eigenvalue weighted by molar-refractivity contribution is -0.187. The van der Waals surface area contributed by atoms with Gasteiger partial charge in [-0.2, -0.15) is 0 Å². The second-order valence-corrected chi connectivity index (χ2v) is 5.93. The van der Waals surface area contributed by atoms with E-state index in [1.54, 1.807) is 0 Å². The summed E-state index contributed by atoms with van der Waals surface area (Å²) in [6, 6.07) is 0. The van der Waals surface area contributed by atoms with Crippen molar-refractivity contribution in [1.82, 2.24) is 0 Å². The SMILES string of the molecule is CCCCOC(=O)C(CC1(N)CCCCC1)(OC)C(=O)O. The molecule has 122 valence electrons. The summed E-state index contributed by atoms with van der Waals surface area (Å²) in [5, 5.41) is 9.51. The highest BCUT2D eigenvalue weighted by Crippen LogP contribution is 2.35. The Morgan fingerprint density at radius 2 is 1.90 bits per heavy atom.